The average molecular weight is 246 g/mol. The van der Waals surface area contributed by atoms with Crippen molar-refractivity contribution < 1.29 is 19.4 Å². The van der Waals surface area contributed by atoms with Gasteiger partial charge in [0, 0.05) is 27.2 Å². The summed E-state index contributed by atoms with van der Waals surface area (Å²) in [7, 11) is 3.17. The molecular formula is C11H22N2O4. The summed E-state index contributed by atoms with van der Waals surface area (Å²) >= 11 is 0. The molecule has 0 fully saturated rings. The van der Waals surface area contributed by atoms with Crippen LogP contribution in [0, 0.1) is 5.92 Å². The standard InChI is InChI=1S/C11H22N2O4/c1-8(2)9(17-4)7-12-11(16)13(3)6-5-10(14)15/h8-9H,5-7H2,1-4H3,(H,12,16)(H,14,15). The first-order valence-corrected chi connectivity index (χ1v) is 5.62. The Labute approximate surface area is 102 Å². The summed E-state index contributed by atoms with van der Waals surface area (Å²) in [6, 6.07) is -0.283. The first kappa shape index (κ1) is 15.7. The highest BCUT2D eigenvalue weighted by atomic mass is 16.5. The lowest BCUT2D eigenvalue weighted by molar-refractivity contribution is -0.137. The number of methoxy groups -OCH3 is 1. The number of hydrogen-bond donors (Lipinski definition) is 2. The molecule has 2 amide bonds. The zero-order valence-electron chi connectivity index (χ0n) is 10.9. The quantitative estimate of drug-likeness (QED) is 0.695. The number of amides is 2. The second-order valence-corrected chi connectivity index (χ2v) is 4.27. The molecule has 1 unspecified atom stereocenters. The Morgan fingerprint density at radius 3 is 2.41 bits per heavy atom. The molecule has 0 spiro atoms. The number of rotatable bonds is 7. The number of nitrogens with one attached hydrogen (secondary N) is 1. The van der Waals surface area contributed by atoms with E-state index in [9.17, 15) is 9.59 Å². The van der Waals surface area contributed by atoms with E-state index in [0.29, 0.717) is 12.5 Å². The van der Waals surface area contributed by atoms with E-state index in [1.54, 1.807) is 14.2 Å². The maximum Gasteiger partial charge on any atom is 0.317 e. The predicted octanol–water partition coefficient (Wildman–Crippen LogP) is 0.773. The first-order valence-electron chi connectivity index (χ1n) is 5.62. The molecule has 0 aliphatic heterocycles. The zero-order valence-corrected chi connectivity index (χ0v) is 10.9. The zero-order chi connectivity index (χ0) is 13.4. The molecule has 6 heteroatoms. The van der Waals surface area contributed by atoms with E-state index in [2.05, 4.69) is 5.32 Å². The van der Waals surface area contributed by atoms with E-state index in [-0.39, 0.29) is 25.1 Å². The summed E-state index contributed by atoms with van der Waals surface area (Å²) in [5.74, 6) is -0.605. The van der Waals surface area contributed by atoms with Gasteiger partial charge in [-0.3, -0.25) is 4.79 Å². The van der Waals surface area contributed by atoms with Crippen molar-refractivity contribution in [3.8, 4) is 0 Å². The number of carbonyl (C=O) groups is 2. The van der Waals surface area contributed by atoms with Crippen LogP contribution in [0.15, 0.2) is 0 Å². The lowest BCUT2D eigenvalue weighted by Crippen LogP contribution is -2.43. The third kappa shape index (κ3) is 6.78. The molecule has 17 heavy (non-hydrogen) atoms. The highest BCUT2D eigenvalue weighted by Gasteiger charge is 2.15. The molecule has 0 aliphatic rings. The molecule has 0 aromatic heterocycles. The van der Waals surface area contributed by atoms with E-state index in [1.165, 1.54) is 4.90 Å². The molecule has 0 saturated heterocycles. The molecule has 0 heterocycles. The monoisotopic (exact) mass is 246 g/mol. The number of aliphatic carboxylic acids is 1. The largest absolute Gasteiger partial charge is 0.481 e. The van der Waals surface area contributed by atoms with Crippen molar-refractivity contribution in [2.75, 3.05) is 27.2 Å². The summed E-state index contributed by atoms with van der Waals surface area (Å²) in [4.78, 5) is 23.3. The maximum absolute atomic E-state index is 11.6. The fraction of sp³-hybridized carbons (Fsp3) is 0.818. The molecule has 0 aromatic rings. The Bertz CT molecular complexity index is 256. The third-order valence-corrected chi connectivity index (χ3v) is 2.51. The number of carboxylic acid groups (broad SMARTS) is 1. The van der Waals surface area contributed by atoms with Crippen molar-refractivity contribution in [1.82, 2.24) is 10.2 Å². The van der Waals surface area contributed by atoms with Gasteiger partial charge >= 0.3 is 12.0 Å². The van der Waals surface area contributed by atoms with E-state index in [4.69, 9.17) is 9.84 Å². The molecule has 0 aliphatic carbocycles. The molecule has 1 atom stereocenters. The Morgan fingerprint density at radius 1 is 1.41 bits per heavy atom. The number of carbonyl (C=O) groups excluding carboxylic acids is 1. The van der Waals surface area contributed by atoms with Gasteiger partial charge in [-0.15, -0.1) is 0 Å². The molecular weight excluding hydrogens is 224 g/mol. The van der Waals surface area contributed by atoms with Gasteiger partial charge in [0.1, 0.15) is 0 Å². The van der Waals surface area contributed by atoms with Gasteiger partial charge in [-0.25, -0.2) is 4.79 Å². The van der Waals surface area contributed by atoms with Gasteiger partial charge in [0.15, 0.2) is 0 Å². The SMILES string of the molecule is COC(CNC(=O)N(C)CCC(=O)O)C(C)C. The fourth-order valence-electron chi connectivity index (χ4n) is 1.28. The minimum atomic E-state index is -0.915. The van der Waals surface area contributed by atoms with Crippen LogP contribution in [0.5, 0.6) is 0 Å². The van der Waals surface area contributed by atoms with Crippen molar-refractivity contribution >= 4 is 12.0 Å². The Hall–Kier alpha value is -1.30. The topological polar surface area (TPSA) is 78.9 Å². The van der Waals surface area contributed by atoms with Gasteiger partial charge < -0.3 is 20.1 Å². The van der Waals surface area contributed by atoms with Gasteiger partial charge in [0.2, 0.25) is 0 Å². The molecule has 0 rings (SSSR count). The van der Waals surface area contributed by atoms with Crippen molar-refractivity contribution in [3.05, 3.63) is 0 Å². The van der Waals surface area contributed by atoms with Gasteiger partial charge in [0.05, 0.1) is 12.5 Å². The lowest BCUT2D eigenvalue weighted by Gasteiger charge is -2.22. The van der Waals surface area contributed by atoms with Crippen LogP contribution in [0.1, 0.15) is 20.3 Å². The molecule has 100 valence electrons. The van der Waals surface area contributed by atoms with Crippen LogP contribution in [-0.2, 0) is 9.53 Å². The summed E-state index contributed by atoms with van der Waals surface area (Å²) in [6.45, 7) is 4.63. The Morgan fingerprint density at radius 2 is 2.00 bits per heavy atom. The second-order valence-electron chi connectivity index (χ2n) is 4.27. The van der Waals surface area contributed by atoms with Crippen LogP contribution in [0.4, 0.5) is 4.79 Å². The average Bonchev–Trinajstić information content (AvgIpc) is 2.25. The molecule has 2 N–H and O–H groups in total. The van der Waals surface area contributed by atoms with Gasteiger partial charge in [-0.2, -0.15) is 0 Å². The summed E-state index contributed by atoms with van der Waals surface area (Å²) in [6.07, 6.45) is -0.0891. The highest BCUT2D eigenvalue weighted by Crippen LogP contribution is 2.03. The van der Waals surface area contributed by atoms with E-state index >= 15 is 0 Å². The maximum atomic E-state index is 11.6. The van der Waals surface area contributed by atoms with Gasteiger partial charge in [-0.05, 0) is 5.92 Å². The van der Waals surface area contributed by atoms with Crippen molar-refractivity contribution in [2.45, 2.75) is 26.4 Å². The lowest BCUT2D eigenvalue weighted by atomic mass is 10.1. The van der Waals surface area contributed by atoms with Crippen LogP contribution in [0.2, 0.25) is 0 Å². The number of carboxylic acids is 1. The molecule has 6 nitrogen and oxygen atoms in total. The van der Waals surface area contributed by atoms with Gasteiger partial charge in [-0.1, -0.05) is 13.8 Å². The molecule has 0 saturated carbocycles. The normalized spacial score (nSPS) is 12.3. The first-order chi connectivity index (χ1) is 7.88. The van der Waals surface area contributed by atoms with Crippen molar-refractivity contribution in [2.24, 2.45) is 5.92 Å². The van der Waals surface area contributed by atoms with Crippen molar-refractivity contribution in [3.63, 3.8) is 0 Å². The van der Waals surface area contributed by atoms with Crippen LogP contribution in [-0.4, -0.2) is 55.4 Å². The minimum Gasteiger partial charge on any atom is -0.481 e. The highest BCUT2D eigenvalue weighted by molar-refractivity contribution is 5.75. The summed E-state index contributed by atoms with van der Waals surface area (Å²) < 4.78 is 5.21. The van der Waals surface area contributed by atoms with E-state index in [0.717, 1.165) is 0 Å². The van der Waals surface area contributed by atoms with Crippen LogP contribution >= 0.6 is 0 Å². The summed E-state index contributed by atoms with van der Waals surface area (Å²) in [5.41, 5.74) is 0. The Balaban J connectivity index is 3.95. The van der Waals surface area contributed by atoms with Gasteiger partial charge in [0.25, 0.3) is 0 Å². The van der Waals surface area contributed by atoms with E-state index in [1.807, 2.05) is 13.8 Å². The number of urea groups is 1. The second kappa shape index (κ2) is 7.89. The van der Waals surface area contributed by atoms with Crippen molar-refractivity contribution in [1.29, 1.82) is 0 Å². The molecule has 0 radical (unpaired) electrons. The third-order valence-electron chi connectivity index (χ3n) is 2.51. The van der Waals surface area contributed by atoms with Crippen LogP contribution < -0.4 is 5.32 Å². The molecule has 0 aromatic carbocycles. The number of ether oxygens (including phenoxy) is 1. The minimum absolute atomic E-state index is 0.0353. The predicted molar refractivity (Wildman–Crippen MR) is 63.9 cm³/mol. The summed E-state index contributed by atoms with van der Waals surface area (Å²) in [5, 5.41) is 11.2. The number of nitrogens with zero attached hydrogens (tertiary/aromatic N) is 1. The van der Waals surface area contributed by atoms with E-state index < -0.39 is 5.97 Å². The van der Waals surface area contributed by atoms with Crippen LogP contribution in [0.3, 0.4) is 0 Å². The fourth-order valence-corrected chi connectivity index (χ4v) is 1.28. The number of hydrogen-bond acceptors (Lipinski definition) is 3. The smallest absolute Gasteiger partial charge is 0.317 e. The Kier molecular flexibility index (Phi) is 7.29. The van der Waals surface area contributed by atoms with Crippen LogP contribution in [0.25, 0.3) is 0 Å². The molecule has 0 bridgehead atoms.